The Hall–Kier alpha value is -2.89. The van der Waals surface area contributed by atoms with Crippen LogP contribution in [0.4, 0.5) is 4.39 Å². The lowest BCUT2D eigenvalue weighted by Crippen LogP contribution is -2.33. The molecule has 136 valence electrons. The first kappa shape index (κ1) is 17.9. The summed E-state index contributed by atoms with van der Waals surface area (Å²) in [5, 5.41) is 3.02. The fourth-order valence-corrected chi connectivity index (χ4v) is 2.71. The number of carbonyl (C=O) groups is 1. The monoisotopic (exact) mass is 355 g/mol. The van der Waals surface area contributed by atoms with Gasteiger partial charge in [-0.25, -0.2) is 9.37 Å². The van der Waals surface area contributed by atoms with Crippen molar-refractivity contribution in [2.45, 2.75) is 26.3 Å². The van der Waals surface area contributed by atoms with Gasteiger partial charge in [0.2, 0.25) is 5.91 Å². The van der Waals surface area contributed by atoms with Gasteiger partial charge in [-0.05, 0) is 42.3 Å². The molecule has 0 spiro atoms. The average molecular weight is 355 g/mol. The molecule has 3 rings (SSSR count). The molecule has 2 aromatic carbocycles. The number of nitrogens with zero attached hydrogens (tertiary/aromatic N) is 1. The number of ether oxygens (including phenoxy) is 1. The maximum absolute atomic E-state index is 12.9. The molecule has 0 aliphatic rings. The molecule has 3 aromatic rings. The number of hydrogen-bond donors (Lipinski definition) is 2. The standard InChI is InChI=1S/C20H22FN3O2/c1-13(2)19(20-22-16-5-3-4-6-17(16)23-20)24-18(25)11-12-26-15-9-7-14(21)8-10-15/h3-10,13,19H,11-12H2,1-2H3,(H,22,23)(H,24,25)/t19-/m0/s1. The summed E-state index contributed by atoms with van der Waals surface area (Å²) in [5.74, 6) is 1.02. The Morgan fingerprint density at radius 3 is 2.62 bits per heavy atom. The van der Waals surface area contributed by atoms with Gasteiger partial charge in [0.25, 0.3) is 0 Å². The van der Waals surface area contributed by atoms with Crippen LogP contribution in [0.5, 0.6) is 5.75 Å². The molecule has 5 nitrogen and oxygen atoms in total. The first-order valence-corrected chi connectivity index (χ1v) is 8.65. The van der Waals surface area contributed by atoms with Crippen LogP contribution in [-0.2, 0) is 4.79 Å². The molecule has 0 radical (unpaired) electrons. The number of fused-ring (bicyclic) bond motifs is 1. The molecule has 0 aliphatic heterocycles. The third kappa shape index (κ3) is 4.39. The first-order chi connectivity index (χ1) is 12.5. The number of carbonyl (C=O) groups excluding carboxylic acids is 1. The molecular weight excluding hydrogens is 333 g/mol. The van der Waals surface area contributed by atoms with Gasteiger partial charge in [-0.3, -0.25) is 4.79 Å². The lowest BCUT2D eigenvalue weighted by atomic mass is 10.0. The molecule has 0 unspecified atom stereocenters. The summed E-state index contributed by atoms with van der Waals surface area (Å²) in [5.41, 5.74) is 1.82. The van der Waals surface area contributed by atoms with Crippen molar-refractivity contribution in [1.29, 1.82) is 0 Å². The zero-order valence-electron chi connectivity index (χ0n) is 14.8. The summed E-state index contributed by atoms with van der Waals surface area (Å²) < 4.78 is 18.3. The van der Waals surface area contributed by atoms with E-state index in [1.165, 1.54) is 12.1 Å². The number of rotatable bonds is 7. The van der Waals surface area contributed by atoms with Crippen molar-refractivity contribution in [3.05, 3.63) is 60.2 Å². The second-order valence-electron chi connectivity index (χ2n) is 6.48. The number of benzene rings is 2. The molecule has 1 heterocycles. The highest BCUT2D eigenvalue weighted by Gasteiger charge is 2.21. The van der Waals surface area contributed by atoms with E-state index in [-0.39, 0.29) is 36.7 Å². The minimum atomic E-state index is -0.319. The van der Waals surface area contributed by atoms with Gasteiger partial charge in [0.1, 0.15) is 17.4 Å². The molecule has 26 heavy (non-hydrogen) atoms. The van der Waals surface area contributed by atoms with Gasteiger partial charge in [-0.15, -0.1) is 0 Å². The van der Waals surface area contributed by atoms with Crippen LogP contribution in [0.2, 0.25) is 0 Å². The normalized spacial score (nSPS) is 12.3. The number of halogens is 1. The number of nitrogens with one attached hydrogen (secondary N) is 2. The number of imidazole rings is 1. The van der Waals surface area contributed by atoms with Crippen molar-refractivity contribution in [3.63, 3.8) is 0 Å². The van der Waals surface area contributed by atoms with Crippen LogP contribution in [-0.4, -0.2) is 22.5 Å². The zero-order chi connectivity index (χ0) is 18.5. The molecule has 0 bridgehead atoms. The lowest BCUT2D eigenvalue weighted by molar-refractivity contribution is -0.122. The maximum Gasteiger partial charge on any atom is 0.224 e. The van der Waals surface area contributed by atoms with Crippen LogP contribution in [0.1, 0.15) is 32.1 Å². The highest BCUT2D eigenvalue weighted by atomic mass is 19.1. The van der Waals surface area contributed by atoms with Gasteiger partial charge in [0, 0.05) is 0 Å². The third-order valence-electron chi connectivity index (χ3n) is 4.10. The molecule has 6 heteroatoms. The fourth-order valence-electron chi connectivity index (χ4n) is 2.71. The molecule has 1 amide bonds. The van der Waals surface area contributed by atoms with Crippen LogP contribution in [0.3, 0.4) is 0 Å². The summed E-state index contributed by atoms with van der Waals surface area (Å²) in [7, 11) is 0. The van der Waals surface area contributed by atoms with E-state index in [4.69, 9.17) is 4.74 Å². The smallest absolute Gasteiger partial charge is 0.224 e. The Morgan fingerprint density at radius 1 is 1.19 bits per heavy atom. The Balaban J connectivity index is 1.58. The average Bonchev–Trinajstić information content (AvgIpc) is 3.05. The van der Waals surface area contributed by atoms with Crippen molar-refractivity contribution in [2.75, 3.05) is 6.61 Å². The second-order valence-corrected chi connectivity index (χ2v) is 6.48. The highest BCUT2D eigenvalue weighted by Crippen LogP contribution is 2.22. The van der Waals surface area contributed by atoms with Crippen LogP contribution in [0.25, 0.3) is 11.0 Å². The van der Waals surface area contributed by atoms with E-state index >= 15 is 0 Å². The van der Waals surface area contributed by atoms with Crippen molar-refractivity contribution < 1.29 is 13.9 Å². The van der Waals surface area contributed by atoms with Gasteiger partial charge >= 0.3 is 0 Å². The number of para-hydroxylation sites is 2. The van der Waals surface area contributed by atoms with E-state index in [2.05, 4.69) is 15.3 Å². The molecule has 2 N–H and O–H groups in total. The van der Waals surface area contributed by atoms with Crippen LogP contribution in [0, 0.1) is 11.7 Å². The Morgan fingerprint density at radius 2 is 1.92 bits per heavy atom. The van der Waals surface area contributed by atoms with Gasteiger partial charge in [0.05, 0.1) is 30.1 Å². The van der Waals surface area contributed by atoms with Crippen LogP contribution < -0.4 is 10.1 Å². The molecule has 1 atom stereocenters. The number of H-pyrrole nitrogens is 1. The maximum atomic E-state index is 12.9. The van der Waals surface area contributed by atoms with Gasteiger partial charge < -0.3 is 15.0 Å². The number of hydrogen-bond acceptors (Lipinski definition) is 3. The SMILES string of the molecule is CC(C)[C@H](NC(=O)CCOc1ccc(F)cc1)c1nc2ccccc2[nH]1. The quantitative estimate of drug-likeness (QED) is 0.673. The van der Waals surface area contributed by atoms with Crippen molar-refractivity contribution >= 4 is 16.9 Å². The lowest BCUT2D eigenvalue weighted by Gasteiger charge is -2.20. The minimum Gasteiger partial charge on any atom is -0.493 e. The van der Waals surface area contributed by atoms with Gasteiger partial charge in [-0.2, -0.15) is 0 Å². The van der Waals surface area contributed by atoms with Crippen molar-refractivity contribution in [1.82, 2.24) is 15.3 Å². The van der Waals surface area contributed by atoms with E-state index in [1.807, 2.05) is 38.1 Å². The van der Waals surface area contributed by atoms with E-state index < -0.39 is 0 Å². The topological polar surface area (TPSA) is 67.0 Å². The van der Waals surface area contributed by atoms with Crippen LogP contribution >= 0.6 is 0 Å². The fraction of sp³-hybridized carbons (Fsp3) is 0.300. The molecule has 0 saturated heterocycles. The minimum absolute atomic E-state index is 0.119. The van der Waals surface area contributed by atoms with E-state index in [1.54, 1.807) is 12.1 Å². The number of aromatic nitrogens is 2. The molecule has 0 saturated carbocycles. The molecule has 1 aromatic heterocycles. The largest absolute Gasteiger partial charge is 0.493 e. The number of aromatic amines is 1. The zero-order valence-corrected chi connectivity index (χ0v) is 14.8. The van der Waals surface area contributed by atoms with Crippen molar-refractivity contribution in [3.8, 4) is 5.75 Å². The second kappa shape index (κ2) is 7.99. The summed E-state index contributed by atoms with van der Waals surface area (Å²) in [6.07, 6.45) is 0.209. The number of amides is 1. The Kier molecular flexibility index (Phi) is 5.51. The Labute approximate surface area is 151 Å². The van der Waals surface area contributed by atoms with Crippen LogP contribution in [0.15, 0.2) is 48.5 Å². The van der Waals surface area contributed by atoms with Gasteiger partial charge in [0.15, 0.2) is 0 Å². The highest BCUT2D eigenvalue weighted by molar-refractivity contribution is 5.77. The summed E-state index contributed by atoms with van der Waals surface area (Å²) in [6, 6.07) is 13.3. The third-order valence-corrected chi connectivity index (χ3v) is 4.10. The Bertz CT molecular complexity index is 841. The molecule has 0 fully saturated rings. The van der Waals surface area contributed by atoms with E-state index in [0.29, 0.717) is 5.75 Å². The van der Waals surface area contributed by atoms with E-state index in [0.717, 1.165) is 16.9 Å². The first-order valence-electron chi connectivity index (χ1n) is 8.65. The summed E-state index contributed by atoms with van der Waals surface area (Å²) in [4.78, 5) is 20.2. The predicted octanol–water partition coefficient (Wildman–Crippen LogP) is 3.98. The summed E-state index contributed by atoms with van der Waals surface area (Å²) in [6.45, 7) is 4.29. The van der Waals surface area contributed by atoms with E-state index in [9.17, 15) is 9.18 Å². The predicted molar refractivity (Wildman–Crippen MR) is 98.3 cm³/mol. The molecular formula is C20H22FN3O2. The molecule has 0 aliphatic carbocycles. The van der Waals surface area contributed by atoms with Crippen molar-refractivity contribution in [2.24, 2.45) is 5.92 Å². The van der Waals surface area contributed by atoms with Gasteiger partial charge in [-0.1, -0.05) is 26.0 Å². The summed E-state index contributed by atoms with van der Waals surface area (Å²) >= 11 is 0.